The first-order chi connectivity index (χ1) is 17.0. The second-order valence-corrected chi connectivity index (χ2v) is 11.0. The van der Waals surface area contributed by atoms with E-state index in [4.69, 9.17) is 0 Å². The van der Waals surface area contributed by atoms with Gasteiger partial charge >= 0.3 is 6.03 Å². The van der Waals surface area contributed by atoms with Gasteiger partial charge < -0.3 is 16.0 Å². The average Bonchev–Trinajstić information content (AvgIpc) is 2.90. The maximum absolute atomic E-state index is 14.0. The number of nitrogens with one attached hydrogen (secondary N) is 3. The molecule has 1 unspecified atom stereocenters. The van der Waals surface area contributed by atoms with Crippen LogP contribution in [-0.2, 0) is 16.4 Å². The van der Waals surface area contributed by atoms with Crippen LogP contribution in [0.2, 0.25) is 0 Å². The summed E-state index contributed by atoms with van der Waals surface area (Å²) in [4.78, 5) is 13.3. The van der Waals surface area contributed by atoms with Crippen molar-refractivity contribution in [3.8, 4) is 0 Å². The molecule has 180 valence electrons. The molecular weight excluding hydrogens is 458 g/mol. The summed E-state index contributed by atoms with van der Waals surface area (Å²) in [6.07, 6.45) is 1.36. The van der Waals surface area contributed by atoms with Gasteiger partial charge in [-0.25, -0.2) is 13.2 Å². The van der Waals surface area contributed by atoms with Gasteiger partial charge in [-0.1, -0.05) is 78.9 Å². The molecule has 1 fully saturated rings. The zero-order chi connectivity index (χ0) is 24.3. The standard InChI is InChI=1S/C28H29N3O3S/c32-28(30-19-23-11-5-9-20-7-1-3-12-24(20)23)31-27(22-15-17-29-18-16-22)35(33,34)26-14-6-10-21-8-2-4-13-25(21)26/h1-14,22,27,29H,15-19H2,(H2,30,31,32). The molecule has 0 bridgehead atoms. The number of rotatable bonds is 6. The second-order valence-electron chi connectivity index (χ2n) is 9.00. The molecule has 0 aromatic heterocycles. The van der Waals surface area contributed by atoms with Crippen molar-refractivity contribution in [2.75, 3.05) is 13.1 Å². The van der Waals surface area contributed by atoms with Crippen molar-refractivity contribution in [2.24, 2.45) is 5.92 Å². The van der Waals surface area contributed by atoms with Crippen molar-refractivity contribution in [2.45, 2.75) is 29.7 Å². The van der Waals surface area contributed by atoms with Crippen LogP contribution >= 0.6 is 0 Å². The molecular formula is C28H29N3O3S. The summed E-state index contributed by atoms with van der Waals surface area (Å²) in [7, 11) is -3.84. The molecule has 1 aliphatic rings. The third kappa shape index (κ3) is 4.88. The van der Waals surface area contributed by atoms with Crippen LogP contribution in [0.3, 0.4) is 0 Å². The minimum Gasteiger partial charge on any atom is -0.334 e. The van der Waals surface area contributed by atoms with E-state index >= 15 is 0 Å². The Hall–Kier alpha value is -3.42. The van der Waals surface area contributed by atoms with Crippen molar-refractivity contribution >= 4 is 37.4 Å². The first-order valence-electron chi connectivity index (χ1n) is 12.0. The molecule has 1 atom stereocenters. The molecule has 1 saturated heterocycles. The predicted octanol–water partition coefficient (Wildman–Crippen LogP) is 4.59. The van der Waals surface area contributed by atoms with E-state index in [0.717, 1.165) is 34.8 Å². The molecule has 3 N–H and O–H groups in total. The fourth-order valence-electron chi connectivity index (χ4n) is 4.98. The molecule has 0 aliphatic carbocycles. The maximum atomic E-state index is 14.0. The van der Waals surface area contributed by atoms with Crippen molar-refractivity contribution in [3.05, 3.63) is 90.5 Å². The van der Waals surface area contributed by atoms with Crippen LogP contribution in [0.4, 0.5) is 4.79 Å². The van der Waals surface area contributed by atoms with E-state index in [1.807, 2.05) is 72.8 Å². The summed E-state index contributed by atoms with van der Waals surface area (Å²) >= 11 is 0. The van der Waals surface area contributed by atoms with E-state index in [1.54, 1.807) is 12.1 Å². The van der Waals surface area contributed by atoms with Crippen molar-refractivity contribution in [1.29, 1.82) is 0 Å². The first kappa shape index (κ1) is 23.3. The highest BCUT2D eigenvalue weighted by Crippen LogP contribution is 2.30. The van der Waals surface area contributed by atoms with Gasteiger partial charge in [0.2, 0.25) is 0 Å². The van der Waals surface area contributed by atoms with Crippen LogP contribution in [0.5, 0.6) is 0 Å². The topological polar surface area (TPSA) is 87.3 Å². The molecule has 0 radical (unpaired) electrons. The third-order valence-corrected chi connectivity index (χ3v) is 8.94. The van der Waals surface area contributed by atoms with Gasteiger partial charge in [-0.2, -0.15) is 0 Å². The van der Waals surface area contributed by atoms with Gasteiger partial charge in [0.25, 0.3) is 0 Å². The number of hydrogen-bond donors (Lipinski definition) is 3. The molecule has 0 spiro atoms. The van der Waals surface area contributed by atoms with Gasteiger partial charge in [-0.05, 0) is 59.6 Å². The Labute approximate surface area is 205 Å². The lowest BCUT2D eigenvalue weighted by Crippen LogP contribution is -2.51. The van der Waals surface area contributed by atoms with E-state index in [-0.39, 0.29) is 10.8 Å². The lowest BCUT2D eigenvalue weighted by Gasteiger charge is -2.31. The highest BCUT2D eigenvalue weighted by molar-refractivity contribution is 7.92. The Bertz CT molecular complexity index is 1450. The van der Waals surface area contributed by atoms with Gasteiger partial charge in [-0.15, -0.1) is 0 Å². The molecule has 0 saturated carbocycles. The van der Waals surface area contributed by atoms with E-state index in [0.29, 0.717) is 24.8 Å². The van der Waals surface area contributed by atoms with Crippen LogP contribution in [0.25, 0.3) is 21.5 Å². The van der Waals surface area contributed by atoms with Gasteiger partial charge in [0.15, 0.2) is 9.84 Å². The Morgan fingerprint density at radius 1 is 0.829 bits per heavy atom. The number of carbonyl (C=O) groups excluding carboxylic acids is 1. The largest absolute Gasteiger partial charge is 0.334 e. The quantitative estimate of drug-likeness (QED) is 0.371. The summed E-state index contributed by atoms with van der Waals surface area (Å²) in [5.74, 6) is -0.177. The van der Waals surface area contributed by atoms with Crippen molar-refractivity contribution in [3.63, 3.8) is 0 Å². The normalized spacial score (nSPS) is 15.7. The molecule has 4 aromatic rings. The predicted molar refractivity (Wildman–Crippen MR) is 140 cm³/mol. The molecule has 4 aromatic carbocycles. The van der Waals surface area contributed by atoms with Gasteiger partial charge in [-0.3, -0.25) is 0 Å². The molecule has 5 rings (SSSR count). The second kappa shape index (κ2) is 10.1. The van der Waals surface area contributed by atoms with E-state index in [2.05, 4.69) is 16.0 Å². The lowest BCUT2D eigenvalue weighted by atomic mass is 9.98. The van der Waals surface area contributed by atoms with Crippen LogP contribution < -0.4 is 16.0 Å². The van der Waals surface area contributed by atoms with E-state index in [9.17, 15) is 13.2 Å². The number of amides is 2. The fourth-order valence-corrected chi connectivity index (χ4v) is 7.05. The summed E-state index contributed by atoms with van der Waals surface area (Å²) in [6.45, 7) is 1.76. The molecule has 6 nitrogen and oxygen atoms in total. The monoisotopic (exact) mass is 487 g/mol. The van der Waals surface area contributed by atoms with E-state index in [1.165, 1.54) is 0 Å². The number of benzene rings is 4. The fraction of sp³-hybridized carbons (Fsp3) is 0.250. The number of hydrogen-bond acceptors (Lipinski definition) is 4. The minimum absolute atomic E-state index is 0.177. The molecule has 1 heterocycles. The van der Waals surface area contributed by atoms with E-state index < -0.39 is 21.2 Å². The Balaban J connectivity index is 1.41. The van der Waals surface area contributed by atoms with Crippen molar-refractivity contribution in [1.82, 2.24) is 16.0 Å². The summed E-state index contributed by atoms with van der Waals surface area (Å²) in [6, 6.07) is 26.2. The SMILES string of the molecule is O=C(NCc1cccc2ccccc12)NC(C1CCNCC1)S(=O)(=O)c1cccc2ccccc12. The Kier molecular flexibility index (Phi) is 6.70. The molecule has 2 amide bonds. The van der Waals surface area contributed by atoms with Crippen molar-refractivity contribution < 1.29 is 13.2 Å². The van der Waals surface area contributed by atoms with Gasteiger partial charge in [0, 0.05) is 11.9 Å². The minimum atomic E-state index is -3.84. The van der Waals surface area contributed by atoms with Crippen LogP contribution in [0, 0.1) is 5.92 Å². The number of piperidine rings is 1. The molecule has 35 heavy (non-hydrogen) atoms. The Morgan fingerprint density at radius 3 is 2.17 bits per heavy atom. The first-order valence-corrected chi connectivity index (χ1v) is 13.5. The summed E-state index contributed by atoms with van der Waals surface area (Å²) < 4.78 is 27.9. The lowest BCUT2D eigenvalue weighted by molar-refractivity contribution is 0.232. The maximum Gasteiger partial charge on any atom is 0.316 e. The van der Waals surface area contributed by atoms with Gasteiger partial charge in [0.05, 0.1) is 4.90 Å². The number of urea groups is 1. The summed E-state index contributed by atoms with van der Waals surface area (Å²) in [5.41, 5.74) is 0.980. The molecule has 1 aliphatic heterocycles. The number of sulfone groups is 1. The van der Waals surface area contributed by atoms with Gasteiger partial charge in [0.1, 0.15) is 5.37 Å². The Morgan fingerprint density at radius 2 is 1.43 bits per heavy atom. The van der Waals surface area contributed by atoms with Crippen LogP contribution in [0.1, 0.15) is 18.4 Å². The highest BCUT2D eigenvalue weighted by atomic mass is 32.2. The number of carbonyl (C=O) groups is 1. The van der Waals surface area contributed by atoms with Crippen LogP contribution in [-0.4, -0.2) is 32.9 Å². The number of fused-ring (bicyclic) bond motifs is 2. The zero-order valence-corrected chi connectivity index (χ0v) is 20.2. The smallest absolute Gasteiger partial charge is 0.316 e. The third-order valence-electron chi connectivity index (χ3n) is 6.80. The van der Waals surface area contributed by atoms with Crippen LogP contribution in [0.15, 0.2) is 89.8 Å². The highest BCUT2D eigenvalue weighted by Gasteiger charge is 2.37. The average molecular weight is 488 g/mol. The summed E-state index contributed by atoms with van der Waals surface area (Å²) in [5, 5.41) is 11.7. The zero-order valence-electron chi connectivity index (χ0n) is 19.4. The molecule has 7 heteroatoms.